The van der Waals surface area contributed by atoms with Gasteiger partial charge in [-0.2, -0.15) is 0 Å². The third-order valence-electron chi connectivity index (χ3n) is 2.79. The second kappa shape index (κ2) is 5.75. The predicted molar refractivity (Wildman–Crippen MR) is 66.5 cm³/mol. The van der Waals surface area contributed by atoms with Crippen LogP contribution in [-0.4, -0.2) is 24.5 Å². The molecule has 4 heteroatoms. The summed E-state index contributed by atoms with van der Waals surface area (Å²) in [5, 5.41) is 0.235. The Hall–Kier alpha value is -0.450. The Labute approximate surface area is 101 Å². The molecular formula is C12H19NO2S. The van der Waals surface area contributed by atoms with E-state index in [2.05, 4.69) is 0 Å². The van der Waals surface area contributed by atoms with Gasteiger partial charge in [0.1, 0.15) is 5.76 Å². The summed E-state index contributed by atoms with van der Waals surface area (Å²) in [5.74, 6) is 1.98. The van der Waals surface area contributed by atoms with Crippen LogP contribution in [0.3, 0.4) is 0 Å². The van der Waals surface area contributed by atoms with Crippen LogP contribution in [-0.2, 0) is 4.74 Å². The number of nitrogens with two attached hydrogens (primary N) is 1. The highest BCUT2D eigenvalue weighted by atomic mass is 32.2. The van der Waals surface area contributed by atoms with E-state index in [1.165, 1.54) is 12.8 Å². The van der Waals surface area contributed by atoms with Gasteiger partial charge >= 0.3 is 0 Å². The topological polar surface area (TPSA) is 48.4 Å². The Kier molecular flexibility index (Phi) is 4.32. The first-order valence-electron chi connectivity index (χ1n) is 5.79. The quantitative estimate of drug-likeness (QED) is 0.860. The first-order valence-corrected chi connectivity index (χ1v) is 6.84. The average molecular weight is 241 g/mol. The molecule has 3 nitrogen and oxygen atoms in total. The Morgan fingerprint density at radius 1 is 1.62 bits per heavy atom. The molecule has 1 aliphatic rings. The summed E-state index contributed by atoms with van der Waals surface area (Å²) in [6.45, 7) is 2.94. The molecule has 0 aliphatic carbocycles. The molecule has 2 heterocycles. The van der Waals surface area contributed by atoms with Crippen molar-refractivity contribution in [3.05, 3.63) is 24.2 Å². The van der Waals surface area contributed by atoms with Gasteiger partial charge in [-0.15, -0.1) is 11.8 Å². The smallest absolute Gasteiger partial charge is 0.118 e. The monoisotopic (exact) mass is 241 g/mol. The summed E-state index contributed by atoms with van der Waals surface area (Å²) < 4.78 is 11.0. The lowest BCUT2D eigenvalue weighted by Gasteiger charge is -2.19. The van der Waals surface area contributed by atoms with E-state index >= 15 is 0 Å². The molecule has 0 amide bonds. The lowest BCUT2D eigenvalue weighted by molar-refractivity contribution is 0.128. The van der Waals surface area contributed by atoms with Crippen LogP contribution >= 0.6 is 11.8 Å². The SMILES string of the molecule is CC(N)C(SCC1CCCO1)c1ccco1. The van der Waals surface area contributed by atoms with Crippen molar-refractivity contribution in [2.75, 3.05) is 12.4 Å². The molecule has 2 N–H and O–H groups in total. The highest BCUT2D eigenvalue weighted by Gasteiger charge is 2.23. The largest absolute Gasteiger partial charge is 0.468 e. The Bertz CT molecular complexity index is 294. The normalized spacial score (nSPS) is 24.5. The number of ether oxygens (including phenoxy) is 1. The zero-order chi connectivity index (χ0) is 11.4. The molecule has 1 fully saturated rings. The third kappa shape index (κ3) is 3.03. The average Bonchev–Trinajstić information content (AvgIpc) is 2.88. The van der Waals surface area contributed by atoms with Crippen molar-refractivity contribution in [1.29, 1.82) is 0 Å². The van der Waals surface area contributed by atoms with E-state index in [1.54, 1.807) is 6.26 Å². The van der Waals surface area contributed by atoms with Gasteiger partial charge in [0.15, 0.2) is 0 Å². The van der Waals surface area contributed by atoms with Gasteiger partial charge in [0.05, 0.1) is 17.6 Å². The van der Waals surface area contributed by atoms with E-state index in [1.807, 2.05) is 30.8 Å². The van der Waals surface area contributed by atoms with E-state index < -0.39 is 0 Å². The standard InChI is InChI=1S/C12H19NO2S/c1-9(13)12(11-5-3-7-15-11)16-8-10-4-2-6-14-10/h3,5,7,9-10,12H,2,4,6,8,13H2,1H3. The van der Waals surface area contributed by atoms with Crippen LogP contribution < -0.4 is 5.73 Å². The third-order valence-corrected chi connectivity index (χ3v) is 4.37. The summed E-state index contributed by atoms with van der Waals surface area (Å²) in [4.78, 5) is 0. The van der Waals surface area contributed by atoms with Crippen LogP contribution in [0.2, 0.25) is 0 Å². The van der Waals surface area contributed by atoms with Crippen molar-refractivity contribution in [3.8, 4) is 0 Å². The molecule has 1 aliphatic heterocycles. The van der Waals surface area contributed by atoms with Crippen molar-refractivity contribution in [3.63, 3.8) is 0 Å². The van der Waals surface area contributed by atoms with Crippen LogP contribution in [0.15, 0.2) is 22.8 Å². The molecule has 0 radical (unpaired) electrons. The molecule has 0 aromatic carbocycles. The van der Waals surface area contributed by atoms with E-state index in [0.29, 0.717) is 6.10 Å². The summed E-state index contributed by atoms with van der Waals surface area (Å²) >= 11 is 1.84. The molecule has 90 valence electrons. The highest BCUT2D eigenvalue weighted by molar-refractivity contribution is 7.99. The fraction of sp³-hybridized carbons (Fsp3) is 0.667. The Morgan fingerprint density at radius 3 is 3.06 bits per heavy atom. The molecular weight excluding hydrogens is 222 g/mol. The number of furan rings is 1. The van der Waals surface area contributed by atoms with Crippen LogP contribution in [0.1, 0.15) is 30.8 Å². The lowest BCUT2D eigenvalue weighted by Crippen LogP contribution is -2.24. The van der Waals surface area contributed by atoms with Gasteiger partial charge in [-0.3, -0.25) is 0 Å². The minimum atomic E-state index is 0.0950. The molecule has 1 saturated heterocycles. The summed E-state index contributed by atoms with van der Waals surface area (Å²) in [6, 6.07) is 4.01. The van der Waals surface area contributed by atoms with Crippen LogP contribution in [0.5, 0.6) is 0 Å². The summed E-state index contributed by atoms with van der Waals surface area (Å²) in [5.41, 5.74) is 5.99. The van der Waals surface area contributed by atoms with Crippen molar-refractivity contribution < 1.29 is 9.15 Å². The summed E-state index contributed by atoms with van der Waals surface area (Å²) in [7, 11) is 0. The van der Waals surface area contributed by atoms with Gasteiger partial charge in [-0.25, -0.2) is 0 Å². The Morgan fingerprint density at radius 2 is 2.50 bits per heavy atom. The number of hydrogen-bond donors (Lipinski definition) is 1. The molecule has 16 heavy (non-hydrogen) atoms. The van der Waals surface area contributed by atoms with Gasteiger partial charge < -0.3 is 14.9 Å². The van der Waals surface area contributed by atoms with E-state index in [-0.39, 0.29) is 11.3 Å². The highest BCUT2D eigenvalue weighted by Crippen LogP contribution is 2.33. The van der Waals surface area contributed by atoms with Crippen LogP contribution in [0, 0.1) is 0 Å². The molecule has 1 aromatic heterocycles. The van der Waals surface area contributed by atoms with Crippen molar-refractivity contribution in [2.45, 2.75) is 37.2 Å². The van der Waals surface area contributed by atoms with Gasteiger partial charge in [-0.05, 0) is 31.9 Å². The molecule has 0 spiro atoms. The molecule has 0 bridgehead atoms. The predicted octanol–water partition coefficient (Wildman–Crippen LogP) is 2.58. The fourth-order valence-corrected chi connectivity index (χ4v) is 3.22. The first kappa shape index (κ1) is 12.0. The minimum absolute atomic E-state index is 0.0950. The first-order chi connectivity index (χ1) is 7.77. The maximum absolute atomic E-state index is 5.99. The van der Waals surface area contributed by atoms with Gasteiger partial charge in [0.2, 0.25) is 0 Å². The molecule has 3 unspecified atom stereocenters. The molecule has 3 atom stereocenters. The summed E-state index contributed by atoms with van der Waals surface area (Å²) in [6.07, 6.45) is 4.48. The van der Waals surface area contributed by atoms with Crippen LogP contribution in [0.4, 0.5) is 0 Å². The molecule has 2 rings (SSSR count). The van der Waals surface area contributed by atoms with Crippen molar-refractivity contribution in [2.24, 2.45) is 5.73 Å². The van der Waals surface area contributed by atoms with Crippen molar-refractivity contribution >= 4 is 11.8 Å². The maximum Gasteiger partial charge on any atom is 0.118 e. The van der Waals surface area contributed by atoms with Crippen LogP contribution in [0.25, 0.3) is 0 Å². The minimum Gasteiger partial charge on any atom is -0.468 e. The second-order valence-electron chi connectivity index (χ2n) is 4.26. The van der Waals surface area contributed by atoms with Gasteiger partial charge in [0, 0.05) is 18.4 Å². The van der Waals surface area contributed by atoms with Crippen molar-refractivity contribution in [1.82, 2.24) is 0 Å². The second-order valence-corrected chi connectivity index (χ2v) is 5.44. The molecule has 0 saturated carbocycles. The lowest BCUT2D eigenvalue weighted by atomic mass is 10.2. The Balaban J connectivity index is 1.88. The van der Waals surface area contributed by atoms with Gasteiger partial charge in [0.25, 0.3) is 0 Å². The number of rotatable bonds is 5. The number of hydrogen-bond acceptors (Lipinski definition) is 4. The maximum atomic E-state index is 5.99. The van der Waals surface area contributed by atoms with E-state index in [9.17, 15) is 0 Å². The van der Waals surface area contributed by atoms with E-state index in [4.69, 9.17) is 14.9 Å². The van der Waals surface area contributed by atoms with Gasteiger partial charge in [-0.1, -0.05) is 0 Å². The zero-order valence-electron chi connectivity index (χ0n) is 9.59. The zero-order valence-corrected chi connectivity index (χ0v) is 10.4. The molecule has 1 aromatic rings. The van der Waals surface area contributed by atoms with E-state index in [0.717, 1.165) is 18.1 Å². The fourth-order valence-electron chi connectivity index (χ4n) is 1.93. The number of thioether (sulfide) groups is 1.